The Morgan fingerprint density at radius 3 is 2.42 bits per heavy atom. The highest BCUT2D eigenvalue weighted by Gasteiger charge is 2.32. The summed E-state index contributed by atoms with van der Waals surface area (Å²) < 4.78 is 18.5. The number of rotatable bonds is 7. The van der Waals surface area contributed by atoms with Gasteiger partial charge in [-0.25, -0.2) is 4.39 Å². The smallest absolute Gasteiger partial charge is 0.227 e. The third-order valence-electron chi connectivity index (χ3n) is 4.60. The van der Waals surface area contributed by atoms with Crippen LogP contribution in [0.15, 0.2) is 42.5 Å². The number of Topliss-reactive ketones (excluding diaryl/α,β-unsaturated/α-hetero) is 1. The average Bonchev–Trinajstić information content (AvgIpc) is 3.46. The van der Waals surface area contributed by atoms with Gasteiger partial charge in [-0.05, 0) is 55.7 Å². The lowest BCUT2D eigenvalue weighted by Gasteiger charge is -2.23. The van der Waals surface area contributed by atoms with Crippen molar-refractivity contribution in [2.45, 2.75) is 38.8 Å². The second-order valence-electron chi connectivity index (χ2n) is 6.64. The number of halogens is 1. The van der Waals surface area contributed by atoms with Gasteiger partial charge >= 0.3 is 0 Å². The minimum atomic E-state index is -0.288. The third kappa shape index (κ3) is 4.28. The van der Waals surface area contributed by atoms with Crippen molar-refractivity contribution in [3.63, 3.8) is 0 Å². The molecule has 26 heavy (non-hydrogen) atoms. The molecular weight excluding hydrogens is 333 g/mol. The number of ketones is 1. The summed E-state index contributed by atoms with van der Waals surface area (Å²) in [4.78, 5) is 26.4. The molecule has 1 saturated carbocycles. The first kappa shape index (κ1) is 18.1. The number of hydrogen-bond donors (Lipinski definition) is 0. The van der Waals surface area contributed by atoms with E-state index in [4.69, 9.17) is 4.74 Å². The van der Waals surface area contributed by atoms with Crippen LogP contribution in [0, 0.1) is 5.82 Å². The molecule has 136 valence electrons. The molecule has 0 spiro atoms. The van der Waals surface area contributed by atoms with Gasteiger partial charge in [-0.15, -0.1) is 0 Å². The van der Waals surface area contributed by atoms with Gasteiger partial charge in [0.25, 0.3) is 0 Å². The van der Waals surface area contributed by atoms with E-state index in [1.54, 1.807) is 37.4 Å². The number of amides is 1. The fraction of sp³-hybridized carbons (Fsp3) is 0.333. The average molecular weight is 355 g/mol. The minimum absolute atomic E-state index is 0.0178. The van der Waals surface area contributed by atoms with E-state index >= 15 is 0 Å². The maximum Gasteiger partial charge on any atom is 0.227 e. The van der Waals surface area contributed by atoms with Crippen molar-refractivity contribution in [1.82, 2.24) is 4.90 Å². The van der Waals surface area contributed by atoms with E-state index in [-0.39, 0.29) is 30.0 Å². The summed E-state index contributed by atoms with van der Waals surface area (Å²) in [5.41, 5.74) is 2.16. The van der Waals surface area contributed by atoms with Crippen LogP contribution >= 0.6 is 0 Å². The molecular formula is C21H22FNO3. The number of carbonyl (C=O) groups is 2. The van der Waals surface area contributed by atoms with Gasteiger partial charge in [-0.2, -0.15) is 0 Å². The summed E-state index contributed by atoms with van der Waals surface area (Å²) in [6, 6.07) is 11.6. The van der Waals surface area contributed by atoms with Crippen molar-refractivity contribution >= 4 is 11.7 Å². The van der Waals surface area contributed by atoms with Gasteiger partial charge in [-0.3, -0.25) is 9.59 Å². The van der Waals surface area contributed by atoms with Crippen molar-refractivity contribution in [2.75, 3.05) is 7.11 Å². The molecule has 0 aliphatic heterocycles. The lowest BCUT2D eigenvalue weighted by atomic mass is 10.0. The third-order valence-corrected chi connectivity index (χ3v) is 4.60. The van der Waals surface area contributed by atoms with Crippen LogP contribution in [0.4, 0.5) is 4.39 Å². The molecule has 4 nitrogen and oxygen atoms in total. The zero-order valence-corrected chi connectivity index (χ0v) is 15.0. The highest BCUT2D eigenvalue weighted by atomic mass is 19.1. The molecule has 0 saturated heterocycles. The van der Waals surface area contributed by atoms with E-state index in [9.17, 15) is 14.0 Å². The van der Waals surface area contributed by atoms with Crippen molar-refractivity contribution in [2.24, 2.45) is 0 Å². The summed E-state index contributed by atoms with van der Waals surface area (Å²) in [7, 11) is 1.55. The Hall–Kier alpha value is -2.69. The van der Waals surface area contributed by atoms with Crippen LogP contribution in [0.3, 0.4) is 0 Å². The molecule has 0 unspecified atom stereocenters. The summed E-state index contributed by atoms with van der Waals surface area (Å²) in [5, 5.41) is 0. The van der Waals surface area contributed by atoms with Crippen LogP contribution in [0.25, 0.3) is 0 Å². The van der Waals surface area contributed by atoms with E-state index in [0.717, 1.165) is 18.4 Å². The number of ether oxygens (including phenoxy) is 1. The van der Waals surface area contributed by atoms with Crippen LogP contribution in [0.5, 0.6) is 5.75 Å². The van der Waals surface area contributed by atoms with Gasteiger partial charge < -0.3 is 9.64 Å². The van der Waals surface area contributed by atoms with Crippen molar-refractivity contribution < 1.29 is 18.7 Å². The molecule has 0 aromatic heterocycles. The first-order chi connectivity index (χ1) is 12.5. The number of nitrogens with zero attached hydrogens (tertiary/aromatic N) is 1. The Labute approximate surface area is 152 Å². The standard InChI is InChI=1S/C21H22FNO3/c1-14(24)16-5-10-20(26-2)17(11-16)12-21(25)23(19-8-9-19)13-15-3-6-18(22)7-4-15/h3-7,10-11,19H,8-9,12-13H2,1-2H3. The van der Waals surface area contributed by atoms with Crippen LogP contribution < -0.4 is 4.74 Å². The molecule has 1 fully saturated rings. The van der Waals surface area contributed by atoms with E-state index < -0.39 is 0 Å². The van der Waals surface area contributed by atoms with Crippen LogP contribution in [0.2, 0.25) is 0 Å². The summed E-state index contributed by atoms with van der Waals surface area (Å²) in [6.07, 6.45) is 2.14. The largest absolute Gasteiger partial charge is 0.496 e. The molecule has 1 aliphatic carbocycles. The molecule has 0 bridgehead atoms. The van der Waals surface area contributed by atoms with Crippen LogP contribution in [-0.2, 0) is 17.8 Å². The van der Waals surface area contributed by atoms with Gasteiger partial charge in [0, 0.05) is 23.7 Å². The van der Waals surface area contributed by atoms with E-state index in [0.29, 0.717) is 23.4 Å². The zero-order chi connectivity index (χ0) is 18.7. The highest BCUT2D eigenvalue weighted by molar-refractivity contribution is 5.94. The lowest BCUT2D eigenvalue weighted by Crippen LogP contribution is -2.34. The van der Waals surface area contributed by atoms with Crippen molar-refractivity contribution in [1.29, 1.82) is 0 Å². The molecule has 1 amide bonds. The highest BCUT2D eigenvalue weighted by Crippen LogP contribution is 2.30. The molecule has 0 heterocycles. The summed E-state index contributed by atoms with van der Waals surface area (Å²) >= 11 is 0. The molecule has 0 atom stereocenters. The molecule has 2 aromatic rings. The Balaban J connectivity index is 1.79. The number of carbonyl (C=O) groups excluding carboxylic acids is 2. The summed E-state index contributed by atoms with van der Waals surface area (Å²) in [5.74, 6) is 0.243. The lowest BCUT2D eigenvalue weighted by molar-refractivity contribution is -0.131. The number of benzene rings is 2. The van der Waals surface area contributed by atoms with E-state index in [2.05, 4.69) is 0 Å². The molecule has 1 aliphatic rings. The van der Waals surface area contributed by atoms with Crippen molar-refractivity contribution in [3.05, 3.63) is 65.0 Å². The molecule has 0 radical (unpaired) electrons. The first-order valence-corrected chi connectivity index (χ1v) is 8.69. The Kier molecular flexibility index (Phi) is 5.35. The van der Waals surface area contributed by atoms with E-state index in [1.807, 2.05) is 4.90 Å². The molecule has 3 rings (SSSR count). The maximum absolute atomic E-state index is 13.1. The monoisotopic (exact) mass is 355 g/mol. The van der Waals surface area contributed by atoms with Crippen LogP contribution in [0.1, 0.15) is 41.3 Å². The number of hydrogen-bond acceptors (Lipinski definition) is 3. The molecule has 0 N–H and O–H groups in total. The van der Waals surface area contributed by atoms with Gasteiger partial charge in [0.2, 0.25) is 5.91 Å². The first-order valence-electron chi connectivity index (χ1n) is 8.69. The molecule has 2 aromatic carbocycles. The van der Waals surface area contributed by atoms with Crippen molar-refractivity contribution in [3.8, 4) is 5.75 Å². The number of methoxy groups -OCH3 is 1. The fourth-order valence-corrected chi connectivity index (χ4v) is 2.99. The van der Waals surface area contributed by atoms with Gasteiger partial charge in [0.15, 0.2) is 5.78 Å². The fourth-order valence-electron chi connectivity index (χ4n) is 2.99. The second-order valence-corrected chi connectivity index (χ2v) is 6.64. The molecule has 5 heteroatoms. The predicted molar refractivity (Wildman–Crippen MR) is 96.7 cm³/mol. The second kappa shape index (κ2) is 7.68. The quantitative estimate of drug-likeness (QED) is 0.710. The van der Waals surface area contributed by atoms with Gasteiger partial charge in [0.05, 0.1) is 13.5 Å². The zero-order valence-electron chi connectivity index (χ0n) is 15.0. The van der Waals surface area contributed by atoms with E-state index in [1.165, 1.54) is 19.1 Å². The maximum atomic E-state index is 13.1. The predicted octanol–water partition coefficient (Wildman–Crippen LogP) is 3.77. The summed E-state index contributed by atoms with van der Waals surface area (Å²) in [6.45, 7) is 1.96. The SMILES string of the molecule is COc1ccc(C(C)=O)cc1CC(=O)N(Cc1ccc(F)cc1)C1CC1. The Morgan fingerprint density at radius 1 is 1.15 bits per heavy atom. The Bertz CT molecular complexity index is 813. The van der Waals surface area contributed by atoms with Gasteiger partial charge in [-0.1, -0.05) is 12.1 Å². The van der Waals surface area contributed by atoms with Crippen LogP contribution in [-0.4, -0.2) is 29.7 Å². The van der Waals surface area contributed by atoms with Gasteiger partial charge in [0.1, 0.15) is 11.6 Å². The normalized spacial score (nSPS) is 13.3. The minimum Gasteiger partial charge on any atom is -0.496 e. The topological polar surface area (TPSA) is 46.6 Å². The Morgan fingerprint density at radius 2 is 1.85 bits per heavy atom.